The van der Waals surface area contributed by atoms with Gasteiger partial charge in [-0.3, -0.25) is 10.1 Å². The van der Waals surface area contributed by atoms with E-state index in [1.165, 1.54) is 0 Å². The van der Waals surface area contributed by atoms with E-state index in [1.54, 1.807) is 11.9 Å². The molecule has 2 rings (SSSR count). The second kappa shape index (κ2) is 6.99. The third-order valence-corrected chi connectivity index (χ3v) is 3.27. The lowest BCUT2D eigenvalue weighted by atomic mass is 10.2. The minimum atomic E-state index is -0.290. The number of carbonyl (C=O) groups is 1. The Kier molecular flexibility index (Phi) is 5.05. The van der Waals surface area contributed by atoms with E-state index < -0.39 is 0 Å². The molecular weight excluding hydrogens is 268 g/mol. The Balaban J connectivity index is 1.93. The molecule has 2 aromatic rings. The van der Waals surface area contributed by atoms with Crippen molar-refractivity contribution in [3.63, 3.8) is 0 Å². The van der Waals surface area contributed by atoms with Gasteiger partial charge < -0.3 is 9.32 Å². The van der Waals surface area contributed by atoms with Gasteiger partial charge in [0.2, 0.25) is 17.7 Å². The van der Waals surface area contributed by atoms with Gasteiger partial charge in [-0.25, -0.2) is 0 Å². The van der Waals surface area contributed by atoms with Crippen LogP contribution in [0.3, 0.4) is 0 Å². The number of rotatable bonds is 6. The van der Waals surface area contributed by atoms with Gasteiger partial charge in [0.05, 0.1) is 12.6 Å². The van der Waals surface area contributed by atoms with E-state index in [9.17, 15) is 4.79 Å². The SMILES string of the molecule is CCN(C)C(=O)C(C)NCc1nnc(-c2ccccc2)o1. The van der Waals surface area contributed by atoms with E-state index in [2.05, 4.69) is 15.5 Å². The third-order valence-electron chi connectivity index (χ3n) is 3.27. The number of hydrogen-bond acceptors (Lipinski definition) is 5. The topological polar surface area (TPSA) is 71.3 Å². The van der Waals surface area contributed by atoms with Crippen molar-refractivity contribution in [2.24, 2.45) is 0 Å². The summed E-state index contributed by atoms with van der Waals surface area (Å²) in [5.74, 6) is 0.991. The van der Waals surface area contributed by atoms with E-state index in [1.807, 2.05) is 44.2 Å². The van der Waals surface area contributed by atoms with Crippen molar-refractivity contribution in [3.05, 3.63) is 36.2 Å². The first-order valence-electron chi connectivity index (χ1n) is 6.98. The zero-order valence-corrected chi connectivity index (χ0v) is 12.5. The molecule has 21 heavy (non-hydrogen) atoms. The molecule has 112 valence electrons. The molecule has 0 spiro atoms. The summed E-state index contributed by atoms with van der Waals surface area (Å²) in [4.78, 5) is 13.6. The molecule has 0 radical (unpaired) electrons. The quantitative estimate of drug-likeness (QED) is 0.876. The van der Waals surface area contributed by atoms with Crippen LogP contribution in [0.4, 0.5) is 0 Å². The number of benzene rings is 1. The lowest BCUT2D eigenvalue weighted by Crippen LogP contribution is -2.42. The van der Waals surface area contributed by atoms with Crippen LogP contribution >= 0.6 is 0 Å². The summed E-state index contributed by atoms with van der Waals surface area (Å²) in [6.07, 6.45) is 0. The van der Waals surface area contributed by atoms with Gasteiger partial charge in [0.15, 0.2) is 0 Å². The fourth-order valence-electron chi connectivity index (χ4n) is 1.84. The van der Waals surface area contributed by atoms with Crippen LogP contribution in [0.1, 0.15) is 19.7 Å². The van der Waals surface area contributed by atoms with Crippen molar-refractivity contribution in [2.45, 2.75) is 26.4 Å². The molecule has 0 bridgehead atoms. The monoisotopic (exact) mass is 288 g/mol. The van der Waals surface area contributed by atoms with Crippen molar-refractivity contribution in [3.8, 4) is 11.5 Å². The molecule has 0 aliphatic carbocycles. The zero-order valence-electron chi connectivity index (χ0n) is 12.5. The average Bonchev–Trinajstić information content (AvgIpc) is 3.01. The van der Waals surface area contributed by atoms with Gasteiger partial charge in [0, 0.05) is 19.2 Å². The molecule has 0 saturated heterocycles. The number of likely N-dealkylation sites (N-methyl/N-ethyl adjacent to an activating group) is 1. The Labute approximate surface area is 124 Å². The van der Waals surface area contributed by atoms with E-state index in [0.717, 1.165) is 5.56 Å². The summed E-state index contributed by atoms with van der Waals surface area (Å²) in [6, 6.07) is 9.29. The molecule has 1 aromatic heterocycles. The molecule has 0 aliphatic heterocycles. The van der Waals surface area contributed by atoms with Crippen LogP contribution in [0.15, 0.2) is 34.7 Å². The van der Waals surface area contributed by atoms with Crippen LogP contribution in [0.5, 0.6) is 0 Å². The normalized spacial score (nSPS) is 12.1. The molecular formula is C15H20N4O2. The summed E-state index contributed by atoms with van der Waals surface area (Å²) < 4.78 is 5.58. The van der Waals surface area contributed by atoms with Gasteiger partial charge in [-0.15, -0.1) is 10.2 Å². The van der Waals surface area contributed by atoms with Gasteiger partial charge in [0.1, 0.15) is 0 Å². The Morgan fingerprint density at radius 3 is 2.71 bits per heavy atom. The van der Waals surface area contributed by atoms with Crippen LogP contribution in [-0.4, -0.2) is 40.6 Å². The maximum Gasteiger partial charge on any atom is 0.247 e. The smallest absolute Gasteiger partial charge is 0.247 e. The van der Waals surface area contributed by atoms with Crippen LogP contribution in [0.25, 0.3) is 11.5 Å². The highest BCUT2D eigenvalue weighted by molar-refractivity contribution is 5.81. The summed E-state index contributed by atoms with van der Waals surface area (Å²) in [6.45, 7) is 4.81. The van der Waals surface area contributed by atoms with Gasteiger partial charge in [-0.05, 0) is 26.0 Å². The van der Waals surface area contributed by atoms with Crippen molar-refractivity contribution in [1.29, 1.82) is 0 Å². The molecule has 0 saturated carbocycles. The van der Waals surface area contributed by atoms with Gasteiger partial charge in [0.25, 0.3) is 0 Å². The van der Waals surface area contributed by atoms with Crippen molar-refractivity contribution in [1.82, 2.24) is 20.4 Å². The Hall–Kier alpha value is -2.21. The fourth-order valence-corrected chi connectivity index (χ4v) is 1.84. The predicted molar refractivity (Wildman–Crippen MR) is 79.3 cm³/mol. The zero-order chi connectivity index (χ0) is 15.2. The fraction of sp³-hybridized carbons (Fsp3) is 0.400. The highest BCUT2D eigenvalue weighted by Gasteiger charge is 2.17. The summed E-state index contributed by atoms with van der Waals surface area (Å²) in [5.41, 5.74) is 0.881. The maximum atomic E-state index is 11.9. The first-order chi connectivity index (χ1) is 10.1. The highest BCUT2D eigenvalue weighted by atomic mass is 16.4. The summed E-state index contributed by atoms with van der Waals surface area (Å²) >= 11 is 0. The highest BCUT2D eigenvalue weighted by Crippen LogP contribution is 2.16. The molecule has 1 atom stereocenters. The largest absolute Gasteiger partial charge is 0.419 e. The van der Waals surface area contributed by atoms with Crippen LogP contribution < -0.4 is 5.32 Å². The van der Waals surface area contributed by atoms with Crippen molar-refractivity contribution < 1.29 is 9.21 Å². The van der Waals surface area contributed by atoms with Gasteiger partial charge >= 0.3 is 0 Å². The second-order valence-electron chi connectivity index (χ2n) is 4.82. The number of aromatic nitrogens is 2. The van der Waals surface area contributed by atoms with Gasteiger partial charge in [-0.2, -0.15) is 0 Å². The van der Waals surface area contributed by atoms with Crippen LogP contribution in [-0.2, 0) is 11.3 Å². The van der Waals surface area contributed by atoms with E-state index in [4.69, 9.17) is 4.42 Å². The average molecular weight is 288 g/mol. The molecule has 6 heteroatoms. The Morgan fingerprint density at radius 1 is 1.33 bits per heavy atom. The summed E-state index contributed by atoms with van der Waals surface area (Å²) in [5, 5.41) is 11.1. The molecule has 0 fully saturated rings. The standard InChI is InChI=1S/C15H20N4O2/c1-4-19(3)15(20)11(2)16-10-13-17-18-14(21-13)12-8-6-5-7-9-12/h5-9,11,16H,4,10H2,1-3H3. The Bertz CT molecular complexity index is 582. The number of nitrogens with zero attached hydrogens (tertiary/aromatic N) is 3. The predicted octanol–water partition coefficient (Wildman–Crippen LogP) is 1.69. The molecule has 1 amide bonds. The third kappa shape index (κ3) is 3.88. The number of hydrogen-bond donors (Lipinski definition) is 1. The summed E-state index contributed by atoms with van der Waals surface area (Å²) in [7, 11) is 1.78. The molecule has 1 aromatic carbocycles. The van der Waals surface area contributed by atoms with Gasteiger partial charge in [-0.1, -0.05) is 18.2 Å². The minimum absolute atomic E-state index is 0.0419. The second-order valence-corrected chi connectivity index (χ2v) is 4.82. The van der Waals surface area contributed by atoms with E-state index in [-0.39, 0.29) is 11.9 Å². The van der Waals surface area contributed by atoms with Crippen molar-refractivity contribution >= 4 is 5.91 Å². The number of carbonyl (C=O) groups excluding carboxylic acids is 1. The van der Waals surface area contributed by atoms with E-state index >= 15 is 0 Å². The molecule has 6 nitrogen and oxygen atoms in total. The van der Waals surface area contributed by atoms with E-state index in [0.29, 0.717) is 24.9 Å². The van der Waals surface area contributed by atoms with Crippen LogP contribution in [0.2, 0.25) is 0 Å². The van der Waals surface area contributed by atoms with Crippen molar-refractivity contribution in [2.75, 3.05) is 13.6 Å². The lowest BCUT2D eigenvalue weighted by molar-refractivity contribution is -0.131. The molecule has 1 N–H and O–H groups in total. The molecule has 1 unspecified atom stereocenters. The minimum Gasteiger partial charge on any atom is -0.419 e. The molecule has 1 heterocycles. The first-order valence-corrected chi connectivity index (χ1v) is 6.98. The Morgan fingerprint density at radius 2 is 2.05 bits per heavy atom. The molecule has 0 aliphatic rings. The lowest BCUT2D eigenvalue weighted by Gasteiger charge is -2.19. The first kappa shape index (κ1) is 15.2. The number of amides is 1. The van der Waals surface area contributed by atoms with Crippen LogP contribution in [0, 0.1) is 0 Å². The number of nitrogens with one attached hydrogen (secondary N) is 1. The maximum absolute atomic E-state index is 11.9.